The fraction of sp³-hybridized carbons (Fsp3) is 0.500. The Labute approximate surface area is 86.7 Å². The molecule has 0 bridgehead atoms. The highest BCUT2D eigenvalue weighted by Crippen LogP contribution is 2.21. The summed E-state index contributed by atoms with van der Waals surface area (Å²) in [6, 6.07) is 2.03. The number of carbonyl (C=O) groups is 1. The van der Waals surface area contributed by atoms with Crippen LogP contribution in [0.5, 0.6) is 0 Å². The standard InChI is InChI=1S/C8H9ClN4O/c1-3-13-5-4-10-7(9)11-6(5)12(2)8(13)14/h1,5-6H,4H2,2H3,(H,10,11). The van der Waals surface area contributed by atoms with Crippen LogP contribution in [0.25, 0.3) is 0 Å². The van der Waals surface area contributed by atoms with Gasteiger partial charge < -0.3 is 10.2 Å². The molecule has 0 radical (unpaired) electrons. The minimum absolute atomic E-state index is 0.125. The number of fused-ring (bicyclic) bond motifs is 1. The Balaban J connectivity index is 2.30. The second-order valence-electron chi connectivity index (χ2n) is 3.18. The Kier molecular flexibility index (Phi) is 2.01. The number of aliphatic imine (C=N–C) groups is 1. The van der Waals surface area contributed by atoms with Crippen LogP contribution in [-0.4, -0.2) is 46.9 Å². The summed E-state index contributed by atoms with van der Waals surface area (Å²) in [5.41, 5.74) is 0. The van der Waals surface area contributed by atoms with E-state index in [9.17, 15) is 4.79 Å². The minimum atomic E-state index is -0.198. The highest BCUT2D eigenvalue weighted by atomic mass is 35.5. The van der Waals surface area contributed by atoms with Crippen molar-refractivity contribution in [1.82, 2.24) is 15.1 Å². The van der Waals surface area contributed by atoms with Gasteiger partial charge in [-0.25, -0.2) is 9.69 Å². The van der Waals surface area contributed by atoms with Crippen LogP contribution in [0.4, 0.5) is 4.79 Å². The molecule has 6 heteroatoms. The van der Waals surface area contributed by atoms with Gasteiger partial charge in [0.15, 0.2) is 5.29 Å². The van der Waals surface area contributed by atoms with Crippen molar-refractivity contribution < 1.29 is 4.79 Å². The van der Waals surface area contributed by atoms with Crippen molar-refractivity contribution >= 4 is 22.9 Å². The Hall–Kier alpha value is -1.41. The Bertz CT molecular complexity index is 348. The van der Waals surface area contributed by atoms with Crippen LogP contribution in [-0.2, 0) is 0 Å². The molecule has 2 amide bonds. The second-order valence-corrected chi connectivity index (χ2v) is 3.54. The van der Waals surface area contributed by atoms with Gasteiger partial charge in [-0.3, -0.25) is 4.99 Å². The number of urea groups is 1. The summed E-state index contributed by atoms with van der Waals surface area (Å²) >= 11 is 5.72. The fourth-order valence-electron chi connectivity index (χ4n) is 1.70. The Morgan fingerprint density at radius 2 is 2.50 bits per heavy atom. The van der Waals surface area contributed by atoms with Crippen LogP contribution in [0.1, 0.15) is 0 Å². The predicted octanol–water partition coefficient (Wildman–Crippen LogP) is -0.163. The first-order valence-electron chi connectivity index (χ1n) is 4.14. The van der Waals surface area contributed by atoms with Gasteiger partial charge in [0, 0.05) is 13.1 Å². The molecule has 0 aliphatic carbocycles. The molecule has 5 nitrogen and oxygen atoms in total. The van der Waals surface area contributed by atoms with Gasteiger partial charge in [-0.05, 0) is 11.6 Å². The minimum Gasteiger partial charge on any atom is -0.338 e. The van der Waals surface area contributed by atoms with Crippen molar-refractivity contribution in [3.63, 3.8) is 0 Å². The number of hydrogen-bond acceptors (Lipinski definition) is 3. The molecular formula is C8H9ClN4O. The number of hydrogen-bond donors (Lipinski definition) is 1. The predicted molar refractivity (Wildman–Crippen MR) is 52.7 cm³/mol. The van der Waals surface area contributed by atoms with Crippen LogP contribution in [0, 0.1) is 12.5 Å². The third-order valence-electron chi connectivity index (χ3n) is 2.44. The maximum absolute atomic E-state index is 11.6. The summed E-state index contributed by atoms with van der Waals surface area (Å²) in [6.45, 7) is 0.441. The summed E-state index contributed by atoms with van der Waals surface area (Å²) in [5.74, 6) is 0. The zero-order chi connectivity index (χ0) is 10.3. The molecule has 2 aliphatic heterocycles. The van der Waals surface area contributed by atoms with Crippen molar-refractivity contribution in [3.05, 3.63) is 0 Å². The number of amides is 2. The number of halogens is 1. The summed E-state index contributed by atoms with van der Waals surface area (Å²) < 4.78 is 0. The molecule has 2 heterocycles. The molecule has 14 heavy (non-hydrogen) atoms. The first kappa shape index (κ1) is 9.16. The maximum atomic E-state index is 11.6. The third kappa shape index (κ3) is 1.11. The lowest BCUT2D eigenvalue weighted by atomic mass is 10.2. The molecule has 1 saturated heterocycles. The average molecular weight is 213 g/mol. The molecule has 0 saturated carbocycles. The third-order valence-corrected chi connectivity index (χ3v) is 2.67. The zero-order valence-electron chi connectivity index (χ0n) is 7.57. The van der Waals surface area contributed by atoms with Gasteiger partial charge in [-0.15, -0.1) is 0 Å². The lowest BCUT2D eigenvalue weighted by Crippen LogP contribution is -2.52. The molecule has 2 unspecified atom stereocenters. The normalized spacial score (nSPS) is 30.6. The molecule has 0 aromatic heterocycles. The molecule has 0 spiro atoms. The van der Waals surface area contributed by atoms with Crippen LogP contribution in [0.2, 0.25) is 0 Å². The first-order valence-corrected chi connectivity index (χ1v) is 4.51. The van der Waals surface area contributed by atoms with E-state index in [0.717, 1.165) is 0 Å². The summed E-state index contributed by atoms with van der Waals surface area (Å²) in [7, 11) is 1.68. The first-order chi connectivity index (χ1) is 6.65. The lowest BCUT2D eigenvalue weighted by Gasteiger charge is -2.27. The average Bonchev–Trinajstić information content (AvgIpc) is 2.41. The number of amidine groups is 1. The van der Waals surface area contributed by atoms with E-state index in [-0.39, 0.29) is 18.2 Å². The highest BCUT2D eigenvalue weighted by Gasteiger charge is 2.45. The number of carbonyl (C=O) groups excluding carboxylic acids is 1. The fourth-order valence-corrected chi connectivity index (χ4v) is 1.88. The zero-order valence-corrected chi connectivity index (χ0v) is 8.32. The smallest absolute Gasteiger partial charge is 0.333 e. The molecule has 2 rings (SSSR count). The number of terminal acetylenes is 1. The molecule has 74 valence electrons. The molecule has 0 aromatic rings. The molecule has 0 aromatic carbocycles. The van der Waals surface area contributed by atoms with Gasteiger partial charge in [0.1, 0.15) is 12.2 Å². The van der Waals surface area contributed by atoms with Crippen LogP contribution in [0.3, 0.4) is 0 Å². The topological polar surface area (TPSA) is 47.9 Å². The Morgan fingerprint density at radius 3 is 3.14 bits per heavy atom. The van der Waals surface area contributed by atoms with E-state index in [1.165, 1.54) is 9.80 Å². The number of rotatable bonds is 0. The van der Waals surface area contributed by atoms with Crippen molar-refractivity contribution in [2.75, 3.05) is 13.6 Å². The SMILES string of the molecule is C#CN1C(=O)N(C)C2NC(Cl)=NCC21. The summed E-state index contributed by atoms with van der Waals surface area (Å²) in [4.78, 5) is 18.4. The van der Waals surface area contributed by atoms with Gasteiger partial charge in [0.05, 0.1) is 6.54 Å². The Morgan fingerprint density at radius 1 is 1.79 bits per heavy atom. The van der Waals surface area contributed by atoms with E-state index in [4.69, 9.17) is 18.0 Å². The van der Waals surface area contributed by atoms with E-state index < -0.39 is 0 Å². The van der Waals surface area contributed by atoms with Crippen molar-refractivity contribution in [2.24, 2.45) is 4.99 Å². The summed E-state index contributed by atoms with van der Waals surface area (Å²) in [5, 5.41) is 3.23. The lowest BCUT2D eigenvalue weighted by molar-refractivity contribution is 0.204. The number of nitrogens with one attached hydrogen (secondary N) is 1. The van der Waals surface area contributed by atoms with Crippen LogP contribution < -0.4 is 5.32 Å². The second kappa shape index (κ2) is 3.07. The number of nitrogens with zero attached hydrogens (tertiary/aromatic N) is 3. The van der Waals surface area contributed by atoms with Crippen molar-refractivity contribution in [3.8, 4) is 12.5 Å². The van der Waals surface area contributed by atoms with E-state index >= 15 is 0 Å². The quantitative estimate of drug-likeness (QED) is 0.448. The molecule has 1 fully saturated rings. The van der Waals surface area contributed by atoms with E-state index in [1.54, 1.807) is 7.05 Å². The highest BCUT2D eigenvalue weighted by molar-refractivity contribution is 6.64. The molecule has 2 aliphatic rings. The monoisotopic (exact) mass is 212 g/mol. The van der Waals surface area contributed by atoms with E-state index in [1.807, 2.05) is 0 Å². The van der Waals surface area contributed by atoms with E-state index in [0.29, 0.717) is 11.8 Å². The number of likely N-dealkylation sites (N-methyl/N-ethyl adjacent to an activating group) is 1. The van der Waals surface area contributed by atoms with Crippen LogP contribution >= 0.6 is 11.6 Å². The van der Waals surface area contributed by atoms with Gasteiger partial charge in [-0.2, -0.15) is 0 Å². The van der Waals surface area contributed by atoms with Crippen molar-refractivity contribution in [1.29, 1.82) is 0 Å². The molecular weight excluding hydrogens is 204 g/mol. The molecule has 2 atom stereocenters. The van der Waals surface area contributed by atoms with Gasteiger partial charge in [0.2, 0.25) is 0 Å². The van der Waals surface area contributed by atoms with Gasteiger partial charge in [0.25, 0.3) is 0 Å². The van der Waals surface area contributed by atoms with Gasteiger partial charge in [-0.1, -0.05) is 6.42 Å². The van der Waals surface area contributed by atoms with Crippen molar-refractivity contribution in [2.45, 2.75) is 12.2 Å². The molecule has 1 N–H and O–H groups in total. The van der Waals surface area contributed by atoms with E-state index in [2.05, 4.69) is 16.4 Å². The van der Waals surface area contributed by atoms with Crippen LogP contribution in [0.15, 0.2) is 4.99 Å². The maximum Gasteiger partial charge on any atom is 0.333 e. The summed E-state index contributed by atoms with van der Waals surface area (Å²) in [6.07, 6.45) is 5.07. The van der Waals surface area contributed by atoms with Gasteiger partial charge >= 0.3 is 6.03 Å². The largest absolute Gasteiger partial charge is 0.338 e.